The lowest BCUT2D eigenvalue weighted by molar-refractivity contribution is -0.448. The Balaban J connectivity index is 1.45. The first-order valence-electron chi connectivity index (χ1n) is 11.3. The van der Waals surface area contributed by atoms with Crippen LogP contribution in [-0.4, -0.2) is 58.5 Å². The molecule has 0 aromatic carbocycles. The van der Waals surface area contributed by atoms with Gasteiger partial charge in [-0.05, 0) is 57.3 Å². The summed E-state index contributed by atoms with van der Waals surface area (Å²) in [6.45, 7) is 6.18. The monoisotopic (exact) mass is 375 g/mol. The Morgan fingerprint density at radius 2 is 1.96 bits per heavy atom. The van der Waals surface area contributed by atoms with Crippen LogP contribution in [0, 0.1) is 34.0 Å². The fraction of sp³-hybridized carbons (Fsp3) is 1.00. The second-order valence-corrected chi connectivity index (χ2v) is 11.6. The third-order valence-corrected chi connectivity index (χ3v) is 10.7. The van der Waals surface area contributed by atoms with Gasteiger partial charge in [0, 0.05) is 28.7 Å². The fourth-order valence-corrected chi connectivity index (χ4v) is 10.2. The molecule has 9 fully saturated rings. The van der Waals surface area contributed by atoms with Crippen LogP contribution in [0.5, 0.6) is 0 Å². The number of hydrogen-bond donors (Lipinski definition) is 2. The molecule has 4 heterocycles. The van der Waals surface area contributed by atoms with E-state index in [1.165, 1.54) is 12.8 Å². The molecule has 27 heavy (non-hydrogen) atoms. The van der Waals surface area contributed by atoms with Crippen LogP contribution >= 0.6 is 0 Å². The predicted octanol–water partition coefficient (Wildman–Crippen LogP) is 2.11. The van der Waals surface area contributed by atoms with Crippen molar-refractivity contribution in [1.82, 2.24) is 4.90 Å². The smallest absolute Gasteiger partial charge is 0.119 e. The molecule has 7 bridgehead atoms. The lowest BCUT2D eigenvalue weighted by atomic mass is 9.31. The lowest BCUT2D eigenvalue weighted by Crippen LogP contribution is -2.86. The zero-order valence-electron chi connectivity index (χ0n) is 16.6. The minimum atomic E-state index is -0.599. The van der Waals surface area contributed by atoms with Crippen LogP contribution < -0.4 is 0 Å². The van der Waals surface area contributed by atoms with E-state index in [0.717, 1.165) is 45.3 Å². The van der Waals surface area contributed by atoms with Gasteiger partial charge in [-0.3, -0.25) is 0 Å². The molecular formula is C22H33NO4. The Morgan fingerprint density at radius 1 is 1.11 bits per heavy atom. The third kappa shape index (κ3) is 1.53. The fourth-order valence-electron chi connectivity index (χ4n) is 10.2. The first-order chi connectivity index (χ1) is 12.8. The van der Waals surface area contributed by atoms with Crippen LogP contribution in [0.4, 0.5) is 0 Å². The van der Waals surface area contributed by atoms with E-state index < -0.39 is 11.7 Å². The average Bonchev–Trinajstić information content (AvgIpc) is 3.10. The Bertz CT molecular complexity index is 712. The number of ether oxygens (including phenoxy) is 2. The van der Waals surface area contributed by atoms with Crippen molar-refractivity contribution in [3.8, 4) is 0 Å². The molecule has 5 nitrogen and oxygen atoms in total. The second kappa shape index (κ2) is 4.59. The van der Waals surface area contributed by atoms with Gasteiger partial charge in [-0.1, -0.05) is 13.3 Å². The topological polar surface area (TPSA) is 62.2 Å². The Labute approximate surface area is 161 Å². The Hall–Kier alpha value is -0.200. The highest BCUT2D eigenvalue weighted by atomic mass is 16.6. The highest BCUT2D eigenvalue weighted by Gasteiger charge is 2.82. The van der Waals surface area contributed by atoms with Crippen LogP contribution in [0.15, 0.2) is 0 Å². The molecule has 150 valence electrons. The number of hydrogen-bond acceptors (Lipinski definition) is 5. The van der Waals surface area contributed by atoms with Crippen LogP contribution in [0.2, 0.25) is 0 Å². The standard InChI is InChI=1S/C22H33NO4/c1-19-5-3-6-22-13-10-12-4-7-21(13,11-20(12,2)25)16(14(24)15(19)22)27-18(22)23-8-9-26-17(19)23/h12-18,24-25H,3-11H2,1-2H3/t12?,13?,14-,15?,16?,17?,18?,19+,20-,21?,22?/m1/s1. The summed E-state index contributed by atoms with van der Waals surface area (Å²) < 4.78 is 13.1. The summed E-state index contributed by atoms with van der Waals surface area (Å²) >= 11 is 0. The van der Waals surface area contributed by atoms with Gasteiger partial charge in [0.2, 0.25) is 0 Å². The number of rotatable bonds is 0. The van der Waals surface area contributed by atoms with Crippen molar-refractivity contribution in [2.24, 2.45) is 34.0 Å². The van der Waals surface area contributed by atoms with E-state index in [0.29, 0.717) is 11.8 Å². The molecule has 8 unspecified atom stereocenters. The summed E-state index contributed by atoms with van der Waals surface area (Å²) in [6, 6.07) is 0. The molecule has 0 aromatic rings. The molecule has 2 spiro atoms. The van der Waals surface area contributed by atoms with E-state index in [-0.39, 0.29) is 40.7 Å². The summed E-state index contributed by atoms with van der Waals surface area (Å²) in [7, 11) is 0. The number of nitrogens with zero attached hydrogens (tertiary/aromatic N) is 1. The molecule has 5 saturated carbocycles. The number of aliphatic hydroxyl groups is 2. The summed E-state index contributed by atoms with van der Waals surface area (Å²) in [5, 5.41) is 22.9. The SMILES string of the molecule is C[C@]12CCCC34C(OC([C@H](O)C31)C13CCC(CC14)[C@](C)(O)C3)N1CCOC12. The van der Waals surface area contributed by atoms with Gasteiger partial charge >= 0.3 is 0 Å². The maximum absolute atomic E-state index is 11.7. The lowest BCUT2D eigenvalue weighted by Gasteiger charge is -2.81. The van der Waals surface area contributed by atoms with Crippen LogP contribution in [0.1, 0.15) is 58.8 Å². The van der Waals surface area contributed by atoms with Crippen molar-refractivity contribution in [2.45, 2.75) is 89.1 Å². The first kappa shape index (κ1) is 16.6. The van der Waals surface area contributed by atoms with Crippen molar-refractivity contribution in [1.29, 1.82) is 0 Å². The van der Waals surface area contributed by atoms with Crippen molar-refractivity contribution < 1.29 is 19.7 Å². The van der Waals surface area contributed by atoms with Gasteiger partial charge in [0.15, 0.2) is 0 Å². The third-order valence-electron chi connectivity index (χ3n) is 10.7. The van der Waals surface area contributed by atoms with E-state index in [1.54, 1.807) is 0 Å². The molecule has 0 aromatic heterocycles. The largest absolute Gasteiger partial charge is 0.390 e. The Kier molecular flexibility index (Phi) is 2.82. The van der Waals surface area contributed by atoms with Crippen molar-refractivity contribution >= 4 is 0 Å². The van der Waals surface area contributed by atoms with Crippen molar-refractivity contribution in [3.63, 3.8) is 0 Å². The molecule has 0 amide bonds. The van der Waals surface area contributed by atoms with Gasteiger partial charge in [-0.25, -0.2) is 4.90 Å². The van der Waals surface area contributed by atoms with Crippen molar-refractivity contribution in [2.75, 3.05) is 13.2 Å². The van der Waals surface area contributed by atoms with E-state index in [2.05, 4.69) is 11.8 Å². The van der Waals surface area contributed by atoms with Gasteiger partial charge in [0.25, 0.3) is 0 Å². The van der Waals surface area contributed by atoms with Gasteiger partial charge < -0.3 is 19.7 Å². The maximum atomic E-state index is 11.7. The molecule has 4 saturated heterocycles. The van der Waals surface area contributed by atoms with E-state index in [1.807, 2.05) is 6.92 Å². The molecular weight excluding hydrogens is 342 g/mol. The molecule has 9 aliphatic rings. The molecule has 2 N–H and O–H groups in total. The quantitative estimate of drug-likeness (QED) is 0.679. The van der Waals surface area contributed by atoms with E-state index >= 15 is 0 Å². The van der Waals surface area contributed by atoms with Crippen LogP contribution in [0.3, 0.4) is 0 Å². The summed E-state index contributed by atoms with van der Waals surface area (Å²) in [6.07, 6.45) is 7.37. The predicted molar refractivity (Wildman–Crippen MR) is 97.5 cm³/mol. The number of aliphatic hydroxyl groups excluding tert-OH is 1. The van der Waals surface area contributed by atoms with Gasteiger partial charge in [0.05, 0.1) is 24.4 Å². The molecule has 4 aliphatic heterocycles. The molecule has 0 radical (unpaired) electrons. The zero-order valence-corrected chi connectivity index (χ0v) is 16.6. The second-order valence-electron chi connectivity index (χ2n) is 11.6. The van der Waals surface area contributed by atoms with Gasteiger partial charge in [-0.2, -0.15) is 0 Å². The number of fused-ring (bicyclic) bond motifs is 4. The normalized spacial score (nSPS) is 68.7. The van der Waals surface area contributed by atoms with Gasteiger partial charge in [-0.15, -0.1) is 0 Å². The highest BCUT2D eigenvalue weighted by molar-refractivity contribution is 5.28. The first-order valence-corrected chi connectivity index (χ1v) is 11.3. The Morgan fingerprint density at radius 3 is 2.78 bits per heavy atom. The maximum Gasteiger partial charge on any atom is 0.119 e. The minimum absolute atomic E-state index is 0.0213. The highest BCUT2D eigenvalue weighted by Crippen LogP contribution is 2.79. The van der Waals surface area contributed by atoms with Crippen LogP contribution in [0.25, 0.3) is 0 Å². The number of piperidine rings is 1. The van der Waals surface area contributed by atoms with E-state index in [4.69, 9.17) is 9.47 Å². The molecule has 5 heteroatoms. The van der Waals surface area contributed by atoms with Crippen molar-refractivity contribution in [3.05, 3.63) is 0 Å². The molecule has 5 aliphatic carbocycles. The molecule has 9 rings (SSSR count). The average molecular weight is 376 g/mol. The summed E-state index contributed by atoms with van der Waals surface area (Å²) in [4.78, 5) is 2.53. The van der Waals surface area contributed by atoms with Gasteiger partial charge in [0.1, 0.15) is 12.5 Å². The summed E-state index contributed by atoms with van der Waals surface area (Å²) in [5.74, 6) is 1.28. The van der Waals surface area contributed by atoms with E-state index in [9.17, 15) is 10.2 Å². The zero-order chi connectivity index (χ0) is 18.4. The summed E-state index contributed by atoms with van der Waals surface area (Å²) in [5.41, 5.74) is -0.567. The molecule has 11 atom stereocenters. The minimum Gasteiger partial charge on any atom is -0.390 e. The van der Waals surface area contributed by atoms with Crippen LogP contribution in [-0.2, 0) is 9.47 Å².